The van der Waals surface area contributed by atoms with E-state index in [0.717, 1.165) is 55.4 Å². The predicted octanol–water partition coefficient (Wildman–Crippen LogP) is 8.66. The number of halogens is 4. The second-order valence-electron chi connectivity index (χ2n) is 6.72. The second-order valence-corrected chi connectivity index (χ2v) is 9.36. The van der Waals surface area contributed by atoms with Gasteiger partial charge in [0.05, 0.1) is 34.2 Å². The van der Waals surface area contributed by atoms with Gasteiger partial charge in [0.1, 0.15) is 0 Å². The molecule has 0 aliphatic heterocycles. The molecule has 0 N–H and O–H groups in total. The number of nitrogens with zero attached hydrogens (tertiary/aromatic N) is 3. The molecule has 0 unspecified atom stereocenters. The van der Waals surface area contributed by atoms with Crippen molar-refractivity contribution in [3.8, 4) is 0 Å². The van der Waals surface area contributed by atoms with Gasteiger partial charge in [-0.05, 0) is 87.4 Å². The summed E-state index contributed by atoms with van der Waals surface area (Å²) in [6.07, 6.45) is 0. The number of benzene rings is 2. The van der Waals surface area contributed by atoms with E-state index in [1.165, 1.54) is 0 Å². The van der Waals surface area contributed by atoms with Crippen LogP contribution in [0.4, 0.5) is 11.4 Å². The third kappa shape index (κ3) is 7.91. The summed E-state index contributed by atoms with van der Waals surface area (Å²) < 4.78 is 0. The SMILES string of the molecule is CC(=Nc1ccc(Cl)c(C)c1)c1cccc(C(C)=Nc2ccc(Cl)c(C)c2)n1.[Cl][Fe][Cl]. The Morgan fingerprint density at radius 2 is 1.13 bits per heavy atom. The van der Waals surface area contributed by atoms with E-state index >= 15 is 0 Å². The van der Waals surface area contributed by atoms with Crippen LogP contribution >= 0.6 is 43.4 Å². The fourth-order valence-corrected chi connectivity index (χ4v) is 2.97. The Hall–Kier alpha value is -1.39. The van der Waals surface area contributed by atoms with Gasteiger partial charge in [-0.15, -0.1) is 0 Å². The standard InChI is InChI=1S/C23H21Cl2N3.2ClH.Fe/c1-14-12-18(8-10-20(14)24)26-16(3)22-6-5-7-23(28-22)17(4)27-19-9-11-21(25)15(2)13-19;;;/h5-13H,1-4H3;2*1H;/q;;;+2/p-2. The summed E-state index contributed by atoms with van der Waals surface area (Å²) in [5.74, 6) is 0. The van der Waals surface area contributed by atoms with Crippen molar-refractivity contribution in [2.45, 2.75) is 27.7 Å². The van der Waals surface area contributed by atoms with Gasteiger partial charge in [-0.1, -0.05) is 29.3 Å². The van der Waals surface area contributed by atoms with E-state index in [1.807, 2.05) is 82.3 Å². The fraction of sp³-hybridized carbons (Fsp3) is 0.174. The molecule has 0 saturated carbocycles. The maximum atomic E-state index is 6.09. The molecule has 3 rings (SSSR count). The summed E-state index contributed by atoms with van der Waals surface area (Å²) in [4.78, 5) is 14.1. The van der Waals surface area contributed by atoms with Gasteiger partial charge in [-0.25, -0.2) is 4.98 Å². The molecule has 0 atom stereocenters. The van der Waals surface area contributed by atoms with Gasteiger partial charge in [-0.3, -0.25) is 9.98 Å². The predicted molar refractivity (Wildman–Crippen MR) is 132 cm³/mol. The molecule has 1 heterocycles. The Kier molecular flexibility index (Phi) is 10.5. The summed E-state index contributed by atoms with van der Waals surface area (Å²) in [7, 11) is 9.53. The number of aromatic nitrogens is 1. The zero-order valence-electron chi connectivity index (χ0n) is 17.4. The molecule has 2 aromatic carbocycles. The summed E-state index contributed by atoms with van der Waals surface area (Å²) >= 11 is 12.4. The number of rotatable bonds is 4. The van der Waals surface area contributed by atoms with Crippen molar-refractivity contribution in [2.24, 2.45) is 9.98 Å². The second kappa shape index (κ2) is 12.6. The number of hydrogen-bond donors (Lipinski definition) is 0. The molecule has 0 radical (unpaired) electrons. The Bertz CT molecular complexity index is 1030. The molecule has 3 nitrogen and oxygen atoms in total. The minimum atomic E-state index is 0.194. The molecule has 3 aromatic rings. The van der Waals surface area contributed by atoms with Crippen LogP contribution in [0, 0.1) is 13.8 Å². The van der Waals surface area contributed by atoms with Gasteiger partial charge in [0.25, 0.3) is 0 Å². The van der Waals surface area contributed by atoms with Crippen molar-refractivity contribution in [2.75, 3.05) is 0 Å². The van der Waals surface area contributed by atoms with E-state index in [2.05, 4.69) is 9.98 Å². The first-order valence-electron chi connectivity index (χ1n) is 9.21. The van der Waals surface area contributed by atoms with Crippen molar-refractivity contribution < 1.29 is 13.1 Å². The molecule has 0 bridgehead atoms. The zero-order valence-corrected chi connectivity index (χ0v) is 21.5. The summed E-state index contributed by atoms with van der Waals surface area (Å²) in [5.41, 5.74) is 7.00. The van der Waals surface area contributed by atoms with E-state index in [1.54, 1.807) is 0 Å². The number of aliphatic imine (C=N–C) groups is 2. The Morgan fingerprint density at radius 3 is 1.48 bits per heavy atom. The van der Waals surface area contributed by atoms with E-state index in [4.69, 9.17) is 48.4 Å². The van der Waals surface area contributed by atoms with Gasteiger partial charge in [0, 0.05) is 10.0 Å². The van der Waals surface area contributed by atoms with Gasteiger partial charge in [0.15, 0.2) is 0 Å². The first-order valence-corrected chi connectivity index (χ1v) is 13.0. The molecule has 0 saturated heterocycles. The molecule has 0 aliphatic carbocycles. The van der Waals surface area contributed by atoms with E-state index in [-0.39, 0.29) is 13.1 Å². The molecular formula is C23H21Cl4FeN3. The van der Waals surface area contributed by atoms with Crippen LogP contribution in [0.5, 0.6) is 0 Å². The number of aryl methyl sites for hydroxylation is 2. The molecule has 1 aromatic heterocycles. The molecule has 8 heteroatoms. The van der Waals surface area contributed by atoms with Crippen molar-refractivity contribution in [1.82, 2.24) is 4.98 Å². The van der Waals surface area contributed by atoms with Gasteiger partial charge >= 0.3 is 33.3 Å². The monoisotopic (exact) mass is 535 g/mol. The Balaban J connectivity index is 0.00000107. The van der Waals surface area contributed by atoms with Crippen LogP contribution in [-0.2, 0) is 13.1 Å². The first kappa shape index (κ1) is 25.9. The maximum absolute atomic E-state index is 6.09. The molecule has 0 spiro atoms. The summed E-state index contributed by atoms with van der Waals surface area (Å²) in [5, 5.41) is 1.47. The molecule has 31 heavy (non-hydrogen) atoms. The summed E-state index contributed by atoms with van der Waals surface area (Å²) in [6, 6.07) is 17.3. The topological polar surface area (TPSA) is 37.6 Å². The third-order valence-electron chi connectivity index (χ3n) is 4.37. The van der Waals surface area contributed by atoms with Crippen molar-refractivity contribution in [1.29, 1.82) is 0 Å². The molecule has 0 fully saturated rings. The van der Waals surface area contributed by atoms with Crippen LogP contribution in [-0.4, -0.2) is 16.4 Å². The molecule has 0 aliphatic rings. The van der Waals surface area contributed by atoms with Crippen molar-refractivity contribution in [3.63, 3.8) is 0 Å². The van der Waals surface area contributed by atoms with E-state index in [9.17, 15) is 0 Å². The molecular weight excluding hydrogens is 516 g/mol. The Morgan fingerprint density at radius 1 is 0.742 bits per heavy atom. The van der Waals surface area contributed by atoms with E-state index in [0.29, 0.717) is 0 Å². The average Bonchev–Trinajstić information content (AvgIpc) is 2.74. The quantitative estimate of drug-likeness (QED) is 0.243. The van der Waals surface area contributed by atoms with Gasteiger partial charge in [-0.2, -0.15) is 0 Å². The van der Waals surface area contributed by atoms with Gasteiger partial charge in [0.2, 0.25) is 0 Å². The van der Waals surface area contributed by atoms with Crippen molar-refractivity contribution >= 4 is 66.2 Å². The minimum absolute atomic E-state index is 0.194. The number of hydrogen-bond acceptors (Lipinski definition) is 3. The van der Waals surface area contributed by atoms with Crippen LogP contribution < -0.4 is 0 Å². The number of pyridine rings is 1. The molecule has 0 amide bonds. The first-order chi connectivity index (χ1) is 14.7. The van der Waals surface area contributed by atoms with Gasteiger partial charge < -0.3 is 0 Å². The van der Waals surface area contributed by atoms with Crippen molar-refractivity contribution in [3.05, 3.63) is 87.2 Å². The Labute approximate surface area is 208 Å². The zero-order chi connectivity index (χ0) is 23.0. The normalized spacial score (nSPS) is 11.9. The average molecular weight is 537 g/mol. The van der Waals surface area contributed by atoms with E-state index < -0.39 is 0 Å². The third-order valence-corrected chi connectivity index (χ3v) is 5.22. The fourth-order valence-electron chi connectivity index (χ4n) is 2.74. The van der Waals surface area contributed by atoms with Crippen LogP contribution in [0.2, 0.25) is 10.0 Å². The molecule has 164 valence electrons. The van der Waals surface area contributed by atoms with Crippen LogP contribution in [0.1, 0.15) is 36.4 Å². The van der Waals surface area contributed by atoms with Crippen LogP contribution in [0.15, 0.2) is 64.6 Å². The van der Waals surface area contributed by atoms with Crippen LogP contribution in [0.25, 0.3) is 0 Å². The summed E-state index contributed by atoms with van der Waals surface area (Å²) in [6.45, 7) is 7.83. The van der Waals surface area contributed by atoms with Crippen LogP contribution in [0.3, 0.4) is 0 Å².